The largest absolute Gasteiger partial charge is 0.396 e. The number of anilines is 1. The van der Waals surface area contributed by atoms with Crippen LogP contribution < -0.4 is 4.90 Å². The summed E-state index contributed by atoms with van der Waals surface area (Å²) in [7, 11) is 1.80. The van der Waals surface area contributed by atoms with Gasteiger partial charge in [-0.2, -0.15) is 0 Å². The van der Waals surface area contributed by atoms with Gasteiger partial charge in [-0.25, -0.2) is 0 Å². The molecule has 1 saturated heterocycles. The van der Waals surface area contributed by atoms with Gasteiger partial charge in [-0.15, -0.1) is 0 Å². The highest BCUT2D eigenvalue weighted by Crippen LogP contribution is 2.17. The summed E-state index contributed by atoms with van der Waals surface area (Å²) in [6.07, 6.45) is 0.929. The van der Waals surface area contributed by atoms with Crippen molar-refractivity contribution in [2.24, 2.45) is 0 Å². The number of aliphatic hydroxyl groups is 1. The van der Waals surface area contributed by atoms with Crippen LogP contribution >= 0.6 is 0 Å². The number of aliphatic hydroxyl groups excluding tert-OH is 1. The molecule has 0 atom stereocenters. The monoisotopic (exact) mass is 292 g/mol. The molecule has 5 nitrogen and oxygen atoms in total. The first-order valence-electron chi connectivity index (χ1n) is 7.47. The molecule has 0 spiro atoms. The molecular weight excluding hydrogens is 268 g/mol. The van der Waals surface area contributed by atoms with Crippen LogP contribution in [0.15, 0.2) is 24.3 Å². The topological polar surface area (TPSA) is 53.0 Å². The zero-order chi connectivity index (χ0) is 15.1. The fourth-order valence-corrected chi connectivity index (χ4v) is 2.42. The Morgan fingerprint density at radius 1 is 1.29 bits per heavy atom. The Labute approximate surface area is 126 Å². The smallest absolute Gasteiger partial charge is 0.222 e. The molecule has 1 aliphatic heterocycles. The third-order valence-corrected chi connectivity index (χ3v) is 3.71. The summed E-state index contributed by atoms with van der Waals surface area (Å²) in [6.45, 7) is 4.09. The highest BCUT2D eigenvalue weighted by molar-refractivity contribution is 5.75. The van der Waals surface area contributed by atoms with E-state index < -0.39 is 0 Å². The Balaban J connectivity index is 1.88. The summed E-state index contributed by atoms with van der Waals surface area (Å²) >= 11 is 0. The standard InChI is InChI=1S/C16H24N2O3/c1-17(16(20)3-2-10-19)13-14-4-6-15(7-5-14)18-8-11-21-12-9-18/h4-7,19H,2-3,8-13H2,1H3. The van der Waals surface area contributed by atoms with Crippen molar-refractivity contribution in [2.45, 2.75) is 19.4 Å². The molecule has 116 valence electrons. The van der Waals surface area contributed by atoms with E-state index in [2.05, 4.69) is 29.2 Å². The Hall–Kier alpha value is -1.59. The number of hydrogen-bond acceptors (Lipinski definition) is 4. The van der Waals surface area contributed by atoms with Crippen LogP contribution in [-0.4, -0.2) is 55.9 Å². The van der Waals surface area contributed by atoms with Gasteiger partial charge in [0.25, 0.3) is 0 Å². The zero-order valence-electron chi connectivity index (χ0n) is 12.6. The normalized spacial score (nSPS) is 15.0. The molecular formula is C16H24N2O3. The minimum absolute atomic E-state index is 0.0633. The van der Waals surface area contributed by atoms with Crippen LogP contribution in [0.2, 0.25) is 0 Å². The second-order valence-electron chi connectivity index (χ2n) is 5.34. The molecule has 0 bridgehead atoms. The van der Waals surface area contributed by atoms with Crippen molar-refractivity contribution < 1.29 is 14.6 Å². The van der Waals surface area contributed by atoms with Crippen molar-refractivity contribution in [2.75, 3.05) is 44.9 Å². The average Bonchev–Trinajstić information content (AvgIpc) is 2.54. The van der Waals surface area contributed by atoms with Gasteiger partial charge >= 0.3 is 0 Å². The van der Waals surface area contributed by atoms with Crippen LogP contribution in [0.5, 0.6) is 0 Å². The average molecular weight is 292 g/mol. The number of carbonyl (C=O) groups is 1. The van der Waals surface area contributed by atoms with E-state index in [9.17, 15) is 4.79 Å². The molecule has 0 unspecified atom stereocenters. The van der Waals surface area contributed by atoms with Crippen LogP contribution in [0.4, 0.5) is 5.69 Å². The van der Waals surface area contributed by atoms with E-state index in [1.807, 2.05) is 0 Å². The van der Waals surface area contributed by atoms with Gasteiger partial charge in [0, 0.05) is 45.4 Å². The SMILES string of the molecule is CN(Cc1ccc(N2CCOCC2)cc1)C(=O)CCCO. The number of morpholine rings is 1. The molecule has 0 aromatic heterocycles. The molecule has 1 aliphatic rings. The van der Waals surface area contributed by atoms with Crippen molar-refractivity contribution in [3.05, 3.63) is 29.8 Å². The van der Waals surface area contributed by atoms with Gasteiger partial charge in [0.1, 0.15) is 0 Å². The molecule has 0 radical (unpaired) electrons. The summed E-state index contributed by atoms with van der Waals surface area (Å²) < 4.78 is 5.35. The third-order valence-electron chi connectivity index (χ3n) is 3.71. The highest BCUT2D eigenvalue weighted by Gasteiger charge is 2.12. The van der Waals surface area contributed by atoms with Crippen LogP contribution in [-0.2, 0) is 16.1 Å². The maximum Gasteiger partial charge on any atom is 0.222 e. The van der Waals surface area contributed by atoms with Crippen LogP contribution in [0, 0.1) is 0 Å². The summed E-state index contributed by atoms with van der Waals surface area (Å²) in [6, 6.07) is 8.35. The first-order valence-corrected chi connectivity index (χ1v) is 7.47. The minimum Gasteiger partial charge on any atom is -0.396 e. The molecule has 2 rings (SSSR count). The molecule has 1 fully saturated rings. The summed E-state index contributed by atoms with van der Waals surface area (Å²) in [5.41, 5.74) is 2.32. The number of hydrogen-bond donors (Lipinski definition) is 1. The molecule has 0 saturated carbocycles. The van der Waals surface area contributed by atoms with Crippen molar-refractivity contribution >= 4 is 11.6 Å². The predicted octanol–water partition coefficient (Wildman–Crippen LogP) is 1.25. The summed E-state index contributed by atoms with van der Waals surface area (Å²) in [5.74, 6) is 0.0707. The van der Waals surface area contributed by atoms with Crippen molar-refractivity contribution in [1.29, 1.82) is 0 Å². The molecule has 21 heavy (non-hydrogen) atoms. The fraction of sp³-hybridized carbons (Fsp3) is 0.562. The number of rotatable bonds is 6. The number of carbonyl (C=O) groups excluding carboxylic acids is 1. The van der Waals surface area contributed by atoms with Gasteiger partial charge in [-0.3, -0.25) is 4.79 Å². The Bertz CT molecular complexity index is 441. The predicted molar refractivity (Wildman–Crippen MR) is 82.3 cm³/mol. The van der Waals surface area contributed by atoms with E-state index in [-0.39, 0.29) is 12.5 Å². The third kappa shape index (κ3) is 4.72. The van der Waals surface area contributed by atoms with E-state index in [0.717, 1.165) is 31.9 Å². The van der Waals surface area contributed by atoms with Crippen LogP contribution in [0.3, 0.4) is 0 Å². The summed E-state index contributed by atoms with van der Waals surface area (Å²) in [4.78, 5) is 15.8. The fourth-order valence-electron chi connectivity index (χ4n) is 2.42. The van der Waals surface area contributed by atoms with Crippen molar-refractivity contribution in [3.63, 3.8) is 0 Å². The van der Waals surface area contributed by atoms with Gasteiger partial charge in [0.2, 0.25) is 5.91 Å². The van der Waals surface area contributed by atoms with Crippen LogP contribution in [0.25, 0.3) is 0 Å². The maximum absolute atomic E-state index is 11.8. The lowest BCUT2D eigenvalue weighted by atomic mass is 10.1. The van der Waals surface area contributed by atoms with E-state index in [1.54, 1.807) is 11.9 Å². The van der Waals surface area contributed by atoms with Gasteiger partial charge in [-0.1, -0.05) is 12.1 Å². The second-order valence-corrected chi connectivity index (χ2v) is 5.34. The van der Waals surface area contributed by atoms with Crippen molar-refractivity contribution in [3.8, 4) is 0 Å². The Morgan fingerprint density at radius 3 is 2.57 bits per heavy atom. The molecule has 1 heterocycles. The number of amides is 1. The lowest BCUT2D eigenvalue weighted by molar-refractivity contribution is -0.130. The van der Waals surface area contributed by atoms with Gasteiger partial charge < -0.3 is 19.6 Å². The minimum atomic E-state index is 0.0633. The zero-order valence-corrected chi connectivity index (χ0v) is 12.6. The summed E-state index contributed by atoms with van der Waals surface area (Å²) in [5, 5.41) is 8.76. The molecule has 0 aliphatic carbocycles. The van der Waals surface area contributed by atoms with E-state index in [0.29, 0.717) is 19.4 Å². The molecule has 1 aromatic carbocycles. The number of benzene rings is 1. The Kier molecular flexibility index (Phi) is 6.02. The molecule has 1 N–H and O–H groups in total. The van der Waals surface area contributed by atoms with Gasteiger partial charge in [0.15, 0.2) is 0 Å². The van der Waals surface area contributed by atoms with E-state index in [1.165, 1.54) is 5.69 Å². The van der Waals surface area contributed by atoms with Crippen molar-refractivity contribution in [1.82, 2.24) is 4.90 Å². The molecule has 1 aromatic rings. The van der Waals surface area contributed by atoms with Gasteiger partial charge in [0.05, 0.1) is 13.2 Å². The van der Waals surface area contributed by atoms with E-state index in [4.69, 9.17) is 9.84 Å². The van der Waals surface area contributed by atoms with Gasteiger partial charge in [-0.05, 0) is 24.1 Å². The molecule has 5 heteroatoms. The molecule has 1 amide bonds. The lowest BCUT2D eigenvalue weighted by Crippen LogP contribution is -2.36. The second kappa shape index (κ2) is 8.00. The number of ether oxygens (including phenoxy) is 1. The Morgan fingerprint density at radius 2 is 1.95 bits per heavy atom. The highest BCUT2D eigenvalue weighted by atomic mass is 16.5. The van der Waals surface area contributed by atoms with Crippen LogP contribution in [0.1, 0.15) is 18.4 Å². The quantitative estimate of drug-likeness (QED) is 0.857. The first-order chi connectivity index (χ1) is 10.2. The first kappa shape index (κ1) is 15.8. The maximum atomic E-state index is 11.8. The van der Waals surface area contributed by atoms with E-state index >= 15 is 0 Å². The lowest BCUT2D eigenvalue weighted by Gasteiger charge is -2.29. The number of nitrogens with zero attached hydrogens (tertiary/aromatic N) is 2.